The molecule has 12 nitrogen and oxygen atoms in total. The third kappa shape index (κ3) is 6.87. The first-order valence-electron chi connectivity index (χ1n) is 15.4. The average molecular weight is 680 g/mol. The fourth-order valence-corrected chi connectivity index (χ4v) is 5.92. The van der Waals surface area contributed by atoms with Gasteiger partial charge in [0.1, 0.15) is 28.8 Å². The van der Waals surface area contributed by atoms with Crippen LogP contribution in [0.3, 0.4) is 0 Å². The summed E-state index contributed by atoms with van der Waals surface area (Å²) >= 11 is 0. The third-order valence-corrected chi connectivity index (χ3v) is 8.99. The number of nitrogens with zero attached hydrogens (tertiary/aromatic N) is 6. The Morgan fingerprint density at radius 3 is 2.19 bits per heavy atom. The lowest BCUT2D eigenvalue weighted by molar-refractivity contribution is 0.0736. The number of piperazine rings is 1. The summed E-state index contributed by atoms with van der Waals surface area (Å²) in [7, 11) is -4.16. The van der Waals surface area contributed by atoms with Gasteiger partial charge < -0.3 is 9.80 Å². The van der Waals surface area contributed by atoms with Gasteiger partial charge in [-0.25, -0.2) is 23.2 Å². The van der Waals surface area contributed by atoms with E-state index in [1.54, 1.807) is 23.7 Å². The molecule has 2 aromatic heterocycles. The molecule has 1 aliphatic heterocycles. The summed E-state index contributed by atoms with van der Waals surface area (Å²) in [6.07, 6.45) is 2.75. The fraction of sp³-hybridized carbons (Fsp3) is 0.333. The Hall–Kier alpha value is -4.89. The Labute approximate surface area is 277 Å². The highest BCUT2D eigenvalue weighted by atomic mass is 32.2. The second-order valence-corrected chi connectivity index (χ2v) is 13.9. The molecule has 1 aliphatic carbocycles. The monoisotopic (exact) mass is 679 g/mol. The van der Waals surface area contributed by atoms with Crippen LogP contribution in [0.5, 0.6) is 0 Å². The van der Waals surface area contributed by atoms with Crippen molar-refractivity contribution in [3.8, 4) is 5.69 Å². The molecule has 2 fully saturated rings. The zero-order chi connectivity index (χ0) is 34.4. The Morgan fingerprint density at radius 1 is 0.958 bits per heavy atom. The van der Waals surface area contributed by atoms with Crippen LogP contribution in [0.4, 0.5) is 30.9 Å². The van der Waals surface area contributed by atoms with Crippen molar-refractivity contribution in [1.82, 2.24) is 19.7 Å². The van der Waals surface area contributed by atoms with E-state index in [1.165, 1.54) is 17.0 Å². The molecule has 1 saturated carbocycles. The van der Waals surface area contributed by atoms with E-state index in [0.717, 1.165) is 42.5 Å². The fourth-order valence-electron chi connectivity index (χ4n) is 5.50. The molecule has 48 heavy (non-hydrogen) atoms. The van der Waals surface area contributed by atoms with E-state index >= 15 is 0 Å². The van der Waals surface area contributed by atoms with E-state index in [0.29, 0.717) is 35.5 Å². The maximum atomic E-state index is 14.2. The molecule has 1 saturated heterocycles. The number of halogens is 2. The Kier molecular flexibility index (Phi) is 8.68. The number of aryl methyl sites for hydroxylation is 2. The number of carbonyl (C=O) groups excluding carboxylic acids is 2. The van der Waals surface area contributed by atoms with Gasteiger partial charge in [-0.15, -0.1) is 4.28 Å². The number of benzene rings is 2. The molecule has 2 aromatic carbocycles. The van der Waals surface area contributed by atoms with Gasteiger partial charge in [0.15, 0.2) is 0 Å². The Morgan fingerprint density at radius 2 is 1.60 bits per heavy atom. The first-order chi connectivity index (χ1) is 22.7. The van der Waals surface area contributed by atoms with Crippen LogP contribution < -0.4 is 15.3 Å². The average Bonchev–Trinajstić information content (AvgIpc) is 3.65. The summed E-state index contributed by atoms with van der Waals surface area (Å²) in [6, 6.07) is 14.9. The topological polar surface area (TPSA) is 130 Å². The second kappa shape index (κ2) is 12.6. The molecule has 3 amide bonds. The van der Waals surface area contributed by atoms with Crippen LogP contribution in [0.25, 0.3) is 5.69 Å². The van der Waals surface area contributed by atoms with Crippen LogP contribution in [0.1, 0.15) is 47.1 Å². The van der Waals surface area contributed by atoms with E-state index < -0.39 is 39.3 Å². The molecule has 0 spiro atoms. The minimum Gasteiger partial charge on any atom is -0.353 e. The SMILES string of the molecule is Cc1ccc(-n2nc(C3(C)CC3)cc2NC(=O)N(OS(C)(=O)=O)c2ccc(N3CCN(C(=O)c4c(F)cccc4F)CC3)nc2C)cc1. The molecular weight excluding hydrogens is 644 g/mol. The smallest absolute Gasteiger partial charge is 0.352 e. The molecular formula is C33H35F2N7O5S. The van der Waals surface area contributed by atoms with E-state index in [1.807, 2.05) is 36.1 Å². The summed E-state index contributed by atoms with van der Waals surface area (Å²) in [4.78, 5) is 34.4. The second-order valence-electron chi connectivity index (χ2n) is 12.4. The summed E-state index contributed by atoms with van der Waals surface area (Å²) in [5.41, 5.74) is 2.24. The van der Waals surface area contributed by atoms with Crippen LogP contribution in [0.2, 0.25) is 0 Å². The van der Waals surface area contributed by atoms with Gasteiger partial charge in [0.2, 0.25) is 0 Å². The van der Waals surface area contributed by atoms with Crippen molar-refractivity contribution in [3.63, 3.8) is 0 Å². The van der Waals surface area contributed by atoms with Crippen molar-refractivity contribution in [2.75, 3.05) is 47.7 Å². The molecule has 6 rings (SSSR count). The minimum absolute atomic E-state index is 0.0845. The largest absolute Gasteiger partial charge is 0.353 e. The van der Waals surface area contributed by atoms with Crippen LogP contribution in [0.15, 0.2) is 60.7 Å². The molecule has 15 heteroatoms. The zero-order valence-corrected chi connectivity index (χ0v) is 27.7. The first-order valence-corrected chi connectivity index (χ1v) is 17.2. The van der Waals surface area contributed by atoms with Gasteiger partial charge in [0.25, 0.3) is 16.0 Å². The van der Waals surface area contributed by atoms with E-state index in [9.17, 15) is 26.8 Å². The number of nitrogens with one attached hydrogen (secondary N) is 1. The summed E-state index contributed by atoms with van der Waals surface area (Å²) in [5.74, 6) is -1.74. The highest BCUT2D eigenvalue weighted by molar-refractivity contribution is 7.86. The molecule has 3 heterocycles. The van der Waals surface area contributed by atoms with Crippen molar-refractivity contribution >= 4 is 39.4 Å². The number of hydrogen-bond donors (Lipinski definition) is 1. The van der Waals surface area contributed by atoms with E-state index in [2.05, 4.69) is 17.2 Å². The van der Waals surface area contributed by atoms with Crippen molar-refractivity contribution in [2.45, 2.75) is 39.0 Å². The summed E-state index contributed by atoms with van der Waals surface area (Å²) < 4.78 is 59.8. The number of carbonyl (C=O) groups is 2. The molecule has 0 unspecified atom stereocenters. The van der Waals surface area contributed by atoms with Gasteiger partial charge in [-0.1, -0.05) is 30.7 Å². The summed E-state index contributed by atoms with van der Waals surface area (Å²) in [5, 5.41) is 8.19. The minimum atomic E-state index is -4.16. The third-order valence-electron chi connectivity index (χ3n) is 8.57. The van der Waals surface area contributed by atoms with Gasteiger partial charge in [0.05, 0.1) is 29.0 Å². The van der Waals surface area contributed by atoms with E-state index in [4.69, 9.17) is 9.38 Å². The Balaban J connectivity index is 1.22. The van der Waals surface area contributed by atoms with Crippen molar-refractivity contribution < 1.29 is 31.1 Å². The van der Waals surface area contributed by atoms with Gasteiger partial charge in [-0.05, 0) is 63.1 Å². The maximum Gasteiger partial charge on any atom is 0.352 e. The molecule has 0 atom stereocenters. The number of anilines is 3. The van der Waals surface area contributed by atoms with Crippen molar-refractivity contribution in [1.29, 1.82) is 0 Å². The molecule has 0 radical (unpaired) electrons. The number of pyridine rings is 1. The lowest BCUT2D eigenvalue weighted by Crippen LogP contribution is -2.49. The molecule has 4 aromatic rings. The van der Waals surface area contributed by atoms with Gasteiger partial charge in [-0.2, -0.15) is 18.6 Å². The van der Waals surface area contributed by atoms with Crippen LogP contribution in [-0.4, -0.2) is 72.5 Å². The molecule has 0 bridgehead atoms. The molecule has 2 aliphatic rings. The zero-order valence-electron chi connectivity index (χ0n) is 26.9. The van der Waals surface area contributed by atoms with Gasteiger partial charge >= 0.3 is 6.03 Å². The highest BCUT2D eigenvalue weighted by Gasteiger charge is 2.42. The van der Waals surface area contributed by atoms with Crippen LogP contribution in [-0.2, 0) is 19.8 Å². The first kappa shape index (κ1) is 33.0. The molecule has 252 valence electrons. The quantitative estimate of drug-likeness (QED) is 0.255. The number of rotatable bonds is 8. The van der Waals surface area contributed by atoms with Gasteiger partial charge in [-0.3, -0.25) is 10.1 Å². The predicted octanol–water partition coefficient (Wildman–Crippen LogP) is 5.11. The Bertz CT molecular complexity index is 1970. The van der Waals surface area contributed by atoms with Crippen LogP contribution in [0, 0.1) is 25.5 Å². The molecule has 1 N–H and O–H groups in total. The maximum absolute atomic E-state index is 14.2. The van der Waals surface area contributed by atoms with Crippen molar-refractivity contribution in [3.05, 3.63) is 94.8 Å². The number of urea groups is 1. The normalized spacial score (nSPS) is 15.7. The van der Waals surface area contributed by atoms with Crippen molar-refractivity contribution in [2.24, 2.45) is 0 Å². The van der Waals surface area contributed by atoms with Crippen LogP contribution >= 0.6 is 0 Å². The lowest BCUT2D eigenvalue weighted by Gasteiger charge is -2.35. The number of hydroxylamine groups is 1. The summed E-state index contributed by atoms with van der Waals surface area (Å²) in [6.45, 7) is 6.69. The van der Waals surface area contributed by atoms with E-state index in [-0.39, 0.29) is 29.9 Å². The predicted molar refractivity (Wildman–Crippen MR) is 176 cm³/mol. The highest BCUT2D eigenvalue weighted by Crippen LogP contribution is 2.47. The number of hydrogen-bond acceptors (Lipinski definition) is 8. The lowest BCUT2D eigenvalue weighted by atomic mass is 10.1. The number of aromatic nitrogens is 3. The van der Waals surface area contributed by atoms with Gasteiger partial charge in [0, 0.05) is 37.7 Å². The standard InChI is InChI=1S/C33H35F2N7O5S/c1-21-8-10-23(11-9-21)41-29(20-27(38-41)33(3)14-15-33)37-32(44)42(47-48(4,45)46)26-12-13-28(36-22(26)2)39-16-18-40(19-17-39)31(43)30-24(34)6-5-7-25(30)35/h5-13,20H,14-19H2,1-4H3,(H,37,44). The number of amides is 3.